The first-order chi connectivity index (χ1) is 13.0. The summed E-state index contributed by atoms with van der Waals surface area (Å²) in [5.41, 5.74) is 10.1. The zero-order chi connectivity index (χ0) is 19.4. The van der Waals surface area contributed by atoms with Crippen molar-refractivity contribution >= 4 is 17.6 Å². The summed E-state index contributed by atoms with van der Waals surface area (Å²) in [5.74, 6) is 1.12. The van der Waals surface area contributed by atoms with Gasteiger partial charge >= 0.3 is 0 Å². The van der Waals surface area contributed by atoms with Crippen molar-refractivity contribution in [1.29, 1.82) is 5.41 Å². The van der Waals surface area contributed by atoms with Crippen molar-refractivity contribution in [1.82, 2.24) is 15.6 Å². The van der Waals surface area contributed by atoms with E-state index < -0.39 is 0 Å². The van der Waals surface area contributed by atoms with Gasteiger partial charge in [-0.15, -0.1) is 0 Å². The third kappa shape index (κ3) is 4.33. The second kappa shape index (κ2) is 7.74. The summed E-state index contributed by atoms with van der Waals surface area (Å²) in [5, 5.41) is 13.9. The highest BCUT2D eigenvalue weighted by Crippen LogP contribution is 2.24. The molecule has 0 saturated heterocycles. The maximum absolute atomic E-state index is 11.5. The topological polar surface area (TPSA) is 119 Å². The Bertz CT molecular complexity index is 1000. The van der Waals surface area contributed by atoms with Crippen LogP contribution in [0.4, 0.5) is 0 Å². The quantitative estimate of drug-likeness (QED) is 0.407. The van der Waals surface area contributed by atoms with Crippen LogP contribution in [0.25, 0.3) is 5.57 Å². The predicted molar refractivity (Wildman–Crippen MR) is 109 cm³/mol. The molecule has 0 fully saturated rings. The van der Waals surface area contributed by atoms with E-state index in [2.05, 4.69) is 20.6 Å². The number of nitrogens with zero attached hydrogens (tertiary/aromatic N) is 1. The van der Waals surface area contributed by atoms with Gasteiger partial charge in [-0.25, -0.2) is 4.99 Å². The van der Waals surface area contributed by atoms with Crippen molar-refractivity contribution < 1.29 is 0 Å². The van der Waals surface area contributed by atoms with Crippen LogP contribution in [-0.2, 0) is 0 Å². The molecule has 0 saturated carbocycles. The first kappa shape index (κ1) is 18.2. The molecule has 0 radical (unpaired) electrons. The van der Waals surface area contributed by atoms with Crippen molar-refractivity contribution in [2.24, 2.45) is 16.6 Å². The fourth-order valence-corrected chi connectivity index (χ4v) is 2.66. The van der Waals surface area contributed by atoms with Crippen LogP contribution in [0.5, 0.6) is 0 Å². The second-order valence-corrected chi connectivity index (χ2v) is 6.48. The zero-order valence-corrected chi connectivity index (χ0v) is 15.2. The van der Waals surface area contributed by atoms with Gasteiger partial charge in [-0.3, -0.25) is 4.79 Å². The van der Waals surface area contributed by atoms with Crippen LogP contribution in [0.3, 0.4) is 0 Å². The third-order valence-corrected chi connectivity index (χ3v) is 4.15. The Hall–Kier alpha value is -3.61. The smallest absolute Gasteiger partial charge is 0.248 e. The summed E-state index contributed by atoms with van der Waals surface area (Å²) in [6, 6.07) is 3.39. The van der Waals surface area contributed by atoms with Gasteiger partial charge in [0.2, 0.25) is 5.56 Å². The monoisotopic (exact) mass is 362 g/mol. The Labute approximate surface area is 157 Å². The fourth-order valence-electron chi connectivity index (χ4n) is 2.66. The van der Waals surface area contributed by atoms with Crippen molar-refractivity contribution in [2.45, 2.75) is 13.8 Å². The molecule has 27 heavy (non-hydrogen) atoms. The van der Waals surface area contributed by atoms with Crippen LogP contribution in [0.15, 0.2) is 81.4 Å². The van der Waals surface area contributed by atoms with E-state index in [0.717, 1.165) is 28.1 Å². The van der Waals surface area contributed by atoms with Gasteiger partial charge in [0.1, 0.15) is 11.7 Å². The van der Waals surface area contributed by atoms with Crippen molar-refractivity contribution in [3.8, 4) is 0 Å². The van der Waals surface area contributed by atoms with Crippen LogP contribution >= 0.6 is 0 Å². The highest BCUT2D eigenvalue weighted by molar-refractivity contribution is 5.97. The van der Waals surface area contributed by atoms with E-state index in [9.17, 15) is 4.79 Å². The van der Waals surface area contributed by atoms with E-state index in [0.29, 0.717) is 11.7 Å². The number of hydrogen-bond donors (Lipinski definition) is 5. The van der Waals surface area contributed by atoms with E-state index in [1.165, 1.54) is 6.21 Å². The lowest BCUT2D eigenvalue weighted by Crippen LogP contribution is -2.26. The molecule has 0 bridgehead atoms. The number of aromatic amines is 1. The lowest BCUT2D eigenvalue weighted by Gasteiger charge is -2.23. The number of amidine groups is 1. The molecule has 2 aliphatic heterocycles. The lowest BCUT2D eigenvalue weighted by molar-refractivity contribution is 0.806. The SMILES string of the molecule is CC(C)C(C=N)=CC(N)=NC1=CC=C2NC=C(c3cc[nH]c(=O)c3)C=C2N1. The molecule has 0 spiro atoms. The normalized spacial score (nSPS) is 17.0. The van der Waals surface area contributed by atoms with Crippen molar-refractivity contribution in [3.05, 3.63) is 87.5 Å². The number of pyridine rings is 1. The Morgan fingerprint density at radius 3 is 2.81 bits per heavy atom. The van der Waals surface area contributed by atoms with Gasteiger partial charge in [0.05, 0.1) is 11.4 Å². The molecule has 2 aliphatic rings. The van der Waals surface area contributed by atoms with Gasteiger partial charge in [0, 0.05) is 30.3 Å². The molecule has 0 atom stereocenters. The molecule has 138 valence electrons. The number of allylic oxidation sites excluding steroid dienone is 5. The molecule has 1 aromatic heterocycles. The second-order valence-electron chi connectivity index (χ2n) is 6.48. The number of aliphatic imine (C=N–C) groups is 1. The number of dihydropyridines is 2. The van der Waals surface area contributed by atoms with Crippen LogP contribution < -0.4 is 21.9 Å². The molecule has 3 heterocycles. The minimum atomic E-state index is -0.151. The Morgan fingerprint density at radius 2 is 2.11 bits per heavy atom. The highest BCUT2D eigenvalue weighted by Gasteiger charge is 2.16. The standard InChI is InChI=1S/C20H22N6O/c1-12(2)14(10-21)8-18(22)26-19-4-3-16-17(25-19)7-15(11-24-16)13-5-6-23-20(27)9-13/h3-12,21,24-25H,1-2H3,(H2,22,26)(H,23,27). The summed E-state index contributed by atoms with van der Waals surface area (Å²) < 4.78 is 0. The number of H-pyrrole nitrogens is 1. The first-order valence-electron chi connectivity index (χ1n) is 8.59. The number of rotatable bonds is 5. The fraction of sp³-hybridized carbons (Fsp3) is 0.150. The maximum atomic E-state index is 11.5. The minimum Gasteiger partial charge on any atom is -0.384 e. The highest BCUT2D eigenvalue weighted by atomic mass is 16.1. The summed E-state index contributed by atoms with van der Waals surface area (Å²) in [4.78, 5) is 18.5. The van der Waals surface area contributed by atoms with Crippen molar-refractivity contribution in [2.75, 3.05) is 0 Å². The van der Waals surface area contributed by atoms with Crippen molar-refractivity contribution in [3.63, 3.8) is 0 Å². The van der Waals surface area contributed by atoms with Gasteiger partial charge in [-0.1, -0.05) is 13.8 Å². The van der Waals surface area contributed by atoms with E-state index in [1.807, 2.05) is 44.3 Å². The molecule has 1 aromatic rings. The van der Waals surface area contributed by atoms with Crippen LogP contribution in [-0.4, -0.2) is 17.0 Å². The van der Waals surface area contributed by atoms with Gasteiger partial charge in [0.15, 0.2) is 0 Å². The summed E-state index contributed by atoms with van der Waals surface area (Å²) in [6.07, 6.45) is 12.1. The molecule has 6 N–H and O–H groups in total. The number of fused-ring (bicyclic) bond motifs is 1. The minimum absolute atomic E-state index is 0.151. The Balaban J connectivity index is 1.83. The van der Waals surface area contributed by atoms with Crippen LogP contribution in [0.1, 0.15) is 19.4 Å². The summed E-state index contributed by atoms with van der Waals surface area (Å²) in [7, 11) is 0. The number of hydrogen-bond acceptors (Lipinski definition) is 5. The molecule has 0 amide bonds. The average Bonchev–Trinajstić information content (AvgIpc) is 2.65. The van der Waals surface area contributed by atoms with E-state index in [1.54, 1.807) is 18.3 Å². The molecule has 0 aliphatic carbocycles. The third-order valence-electron chi connectivity index (χ3n) is 4.15. The molecular formula is C20H22N6O. The number of nitrogens with two attached hydrogens (primary N) is 1. The molecule has 0 aromatic carbocycles. The number of nitrogens with one attached hydrogen (secondary N) is 4. The van der Waals surface area contributed by atoms with Gasteiger partial charge in [-0.2, -0.15) is 0 Å². The van der Waals surface area contributed by atoms with E-state index in [4.69, 9.17) is 11.1 Å². The molecular weight excluding hydrogens is 340 g/mol. The Kier molecular flexibility index (Phi) is 5.21. The average molecular weight is 362 g/mol. The number of aromatic nitrogens is 1. The van der Waals surface area contributed by atoms with Gasteiger partial charge in [0.25, 0.3) is 0 Å². The molecule has 3 rings (SSSR count). The lowest BCUT2D eigenvalue weighted by atomic mass is 10.0. The van der Waals surface area contributed by atoms with E-state index >= 15 is 0 Å². The van der Waals surface area contributed by atoms with Gasteiger partial charge < -0.3 is 26.8 Å². The van der Waals surface area contributed by atoms with E-state index in [-0.39, 0.29) is 11.5 Å². The predicted octanol–water partition coefficient (Wildman–Crippen LogP) is 2.12. The zero-order valence-electron chi connectivity index (χ0n) is 15.2. The molecule has 0 unspecified atom stereocenters. The van der Waals surface area contributed by atoms with Crippen LogP contribution in [0, 0.1) is 11.3 Å². The Morgan fingerprint density at radius 1 is 1.30 bits per heavy atom. The summed E-state index contributed by atoms with van der Waals surface area (Å²) in [6.45, 7) is 4.00. The summed E-state index contributed by atoms with van der Waals surface area (Å²) >= 11 is 0. The van der Waals surface area contributed by atoms with Gasteiger partial charge in [-0.05, 0) is 47.4 Å². The van der Waals surface area contributed by atoms with Crippen LogP contribution in [0.2, 0.25) is 0 Å². The maximum Gasteiger partial charge on any atom is 0.248 e. The molecule has 7 heteroatoms. The largest absolute Gasteiger partial charge is 0.384 e. The molecule has 7 nitrogen and oxygen atoms in total. The first-order valence-corrected chi connectivity index (χ1v) is 8.59.